The van der Waals surface area contributed by atoms with Crippen LogP contribution < -0.4 is 0 Å². The van der Waals surface area contributed by atoms with Crippen molar-refractivity contribution in [1.82, 2.24) is 0 Å². The van der Waals surface area contributed by atoms with E-state index in [0.717, 1.165) is 5.56 Å². The summed E-state index contributed by atoms with van der Waals surface area (Å²) in [5, 5.41) is 0. The van der Waals surface area contributed by atoms with Crippen molar-refractivity contribution < 1.29 is 19.1 Å². The zero-order valence-corrected chi connectivity index (χ0v) is 12.8. The second kappa shape index (κ2) is 7.62. The van der Waals surface area contributed by atoms with E-state index in [0.29, 0.717) is 5.57 Å². The molecule has 114 valence electrons. The molecular formula is C17H22O4. The fourth-order valence-electron chi connectivity index (χ4n) is 2.14. The van der Waals surface area contributed by atoms with E-state index in [-0.39, 0.29) is 19.6 Å². The van der Waals surface area contributed by atoms with Crippen LogP contribution in [0, 0.1) is 5.41 Å². The molecule has 0 fully saturated rings. The van der Waals surface area contributed by atoms with Crippen LogP contribution >= 0.6 is 0 Å². The SMILES string of the molecule is C=C(C)C(Cc1ccccc1)(C(=O)OCC)C(=O)OCC. The molecule has 0 radical (unpaired) electrons. The average molecular weight is 290 g/mol. The number of hydrogen-bond donors (Lipinski definition) is 0. The number of hydrogen-bond acceptors (Lipinski definition) is 4. The van der Waals surface area contributed by atoms with Crippen molar-refractivity contribution >= 4 is 11.9 Å². The van der Waals surface area contributed by atoms with E-state index in [1.165, 1.54) is 0 Å². The van der Waals surface area contributed by atoms with Crippen LogP contribution in [0.15, 0.2) is 42.5 Å². The summed E-state index contributed by atoms with van der Waals surface area (Å²) in [5.74, 6) is -1.22. The molecule has 0 bridgehead atoms. The van der Waals surface area contributed by atoms with E-state index in [4.69, 9.17) is 9.47 Å². The third-order valence-electron chi connectivity index (χ3n) is 3.29. The van der Waals surface area contributed by atoms with E-state index in [1.54, 1.807) is 20.8 Å². The maximum absolute atomic E-state index is 12.4. The van der Waals surface area contributed by atoms with Gasteiger partial charge in [-0.05, 0) is 26.3 Å². The van der Waals surface area contributed by atoms with Crippen molar-refractivity contribution in [3.05, 3.63) is 48.0 Å². The van der Waals surface area contributed by atoms with Gasteiger partial charge in [-0.15, -0.1) is 0 Å². The molecule has 1 aromatic rings. The van der Waals surface area contributed by atoms with Gasteiger partial charge in [0.15, 0.2) is 5.41 Å². The largest absolute Gasteiger partial charge is 0.465 e. The standard InChI is InChI=1S/C17H22O4/c1-5-20-15(18)17(13(3)4,16(19)21-6-2)12-14-10-8-7-9-11-14/h7-11H,3,5-6,12H2,1-2,4H3. The summed E-state index contributed by atoms with van der Waals surface area (Å²) in [7, 11) is 0. The molecule has 0 amide bonds. The Morgan fingerprint density at radius 1 is 1.05 bits per heavy atom. The molecule has 0 aliphatic carbocycles. The minimum atomic E-state index is -1.49. The summed E-state index contributed by atoms with van der Waals surface area (Å²) in [6.07, 6.45) is 0.181. The van der Waals surface area contributed by atoms with E-state index in [2.05, 4.69) is 6.58 Å². The first kappa shape index (κ1) is 17.0. The highest BCUT2D eigenvalue weighted by Gasteiger charge is 2.49. The third kappa shape index (κ3) is 3.72. The maximum Gasteiger partial charge on any atom is 0.328 e. The van der Waals surface area contributed by atoms with Crippen LogP contribution in [0.4, 0.5) is 0 Å². The quantitative estimate of drug-likeness (QED) is 0.440. The predicted octanol–water partition coefficient (Wildman–Crippen LogP) is 2.92. The molecule has 4 heteroatoms. The molecule has 1 rings (SSSR count). The Labute approximate surface area is 125 Å². The van der Waals surface area contributed by atoms with E-state index in [1.807, 2.05) is 30.3 Å². The van der Waals surface area contributed by atoms with Crippen LogP contribution in [0.2, 0.25) is 0 Å². The summed E-state index contributed by atoms with van der Waals surface area (Å²) >= 11 is 0. The number of carbonyl (C=O) groups excluding carboxylic acids is 2. The van der Waals surface area contributed by atoms with Gasteiger partial charge < -0.3 is 9.47 Å². The van der Waals surface area contributed by atoms with Crippen molar-refractivity contribution in [3.8, 4) is 0 Å². The highest BCUT2D eigenvalue weighted by molar-refractivity contribution is 6.03. The van der Waals surface area contributed by atoms with Gasteiger partial charge in [0.1, 0.15) is 0 Å². The van der Waals surface area contributed by atoms with E-state index in [9.17, 15) is 9.59 Å². The second-order valence-corrected chi connectivity index (χ2v) is 4.79. The smallest absolute Gasteiger partial charge is 0.328 e. The number of carbonyl (C=O) groups is 2. The lowest BCUT2D eigenvalue weighted by molar-refractivity contribution is -0.168. The summed E-state index contributed by atoms with van der Waals surface area (Å²) in [6, 6.07) is 9.30. The summed E-state index contributed by atoms with van der Waals surface area (Å²) in [5.41, 5.74) is -0.224. The number of benzene rings is 1. The van der Waals surface area contributed by atoms with Gasteiger partial charge in [0.05, 0.1) is 13.2 Å². The van der Waals surface area contributed by atoms with Crippen molar-refractivity contribution in [3.63, 3.8) is 0 Å². The zero-order valence-electron chi connectivity index (χ0n) is 12.8. The molecular weight excluding hydrogens is 268 g/mol. The molecule has 0 N–H and O–H groups in total. The van der Waals surface area contributed by atoms with Gasteiger partial charge in [-0.2, -0.15) is 0 Å². The number of rotatable bonds is 7. The van der Waals surface area contributed by atoms with Gasteiger partial charge in [0.25, 0.3) is 0 Å². The van der Waals surface area contributed by atoms with E-state index < -0.39 is 17.4 Å². The second-order valence-electron chi connectivity index (χ2n) is 4.79. The predicted molar refractivity (Wildman–Crippen MR) is 80.7 cm³/mol. The van der Waals surface area contributed by atoms with Gasteiger partial charge in [-0.25, -0.2) is 0 Å². The van der Waals surface area contributed by atoms with Crippen LogP contribution in [-0.4, -0.2) is 25.2 Å². The minimum Gasteiger partial charge on any atom is -0.465 e. The average Bonchev–Trinajstić information content (AvgIpc) is 2.45. The molecule has 0 saturated heterocycles. The zero-order chi connectivity index (χ0) is 15.9. The lowest BCUT2D eigenvalue weighted by Crippen LogP contribution is -2.44. The Balaban J connectivity index is 3.26. The Hall–Kier alpha value is -2.10. The number of ether oxygens (including phenoxy) is 2. The monoisotopic (exact) mass is 290 g/mol. The molecule has 0 heterocycles. The Bertz CT molecular complexity index is 487. The highest BCUT2D eigenvalue weighted by Crippen LogP contribution is 2.34. The van der Waals surface area contributed by atoms with Gasteiger partial charge in [0, 0.05) is 6.42 Å². The normalized spacial score (nSPS) is 10.8. The summed E-state index contributed by atoms with van der Waals surface area (Å²) in [6.45, 7) is 9.28. The maximum atomic E-state index is 12.4. The molecule has 0 aliphatic heterocycles. The van der Waals surface area contributed by atoms with E-state index >= 15 is 0 Å². The Morgan fingerprint density at radius 3 is 1.90 bits per heavy atom. The molecule has 0 saturated carbocycles. The molecule has 4 nitrogen and oxygen atoms in total. The fourth-order valence-corrected chi connectivity index (χ4v) is 2.14. The Kier molecular flexibility index (Phi) is 6.15. The van der Waals surface area contributed by atoms with Gasteiger partial charge in [-0.3, -0.25) is 9.59 Å². The highest BCUT2D eigenvalue weighted by atomic mass is 16.6. The van der Waals surface area contributed by atoms with Gasteiger partial charge in [0.2, 0.25) is 0 Å². The van der Waals surface area contributed by atoms with Gasteiger partial charge in [-0.1, -0.05) is 42.5 Å². The van der Waals surface area contributed by atoms with Crippen molar-refractivity contribution in [2.75, 3.05) is 13.2 Å². The molecule has 0 spiro atoms. The first-order chi connectivity index (χ1) is 9.98. The van der Waals surface area contributed by atoms with Crippen LogP contribution in [-0.2, 0) is 25.5 Å². The third-order valence-corrected chi connectivity index (χ3v) is 3.29. The van der Waals surface area contributed by atoms with Crippen LogP contribution in [0.5, 0.6) is 0 Å². The molecule has 0 aromatic heterocycles. The van der Waals surface area contributed by atoms with Crippen LogP contribution in [0.25, 0.3) is 0 Å². The minimum absolute atomic E-state index is 0.181. The molecule has 0 unspecified atom stereocenters. The summed E-state index contributed by atoms with van der Waals surface area (Å²) < 4.78 is 10.2. The molecule has 0 aliphatic rings. The first-order valence-corrected chi connectivity index (χ1v) is 7.03. The lowest BCUT2D eigenvalue weighted by Gasteiger charge is -2.29. The number of esters is 2. The topological polar surface area (TPSA) is 52.6 Å². The summed E-state index contributed by atoms with van der Waals surface area (Å²) in [4.78, 5) is 24.9. The fraction of sp³-hybridized carbons (Fsp3) is 0.412. The van der Waals surface area contributed by atoms with Gasteiger partial charge >= 0.3 is 11.9 Å². The van der Waals surface area contributed by atoms with Crippen LogP contribution in [0.3, 0.4) is 0 Å². The lowest BCUT2D eigenvalue weighted by atomic mass is 9.76. The van der Waals surface area contributed by atoms with Crippen molar-refractivity contribution in [2.24, 2.45) is 5.41 Å². The van der Waals surface area contributed by atoms with Crippen molar-refractivity contribution in [2.45, 2.75) is 27.2 Å². The molecule has 0 atom stereocenters. The van der Waals surface area contributed by atoms with Crippen LogP contribution in [0.1, 0.15) is 26.3 Å². The first-order valence-electron chi connectivity index (χ1n) is 7.03. The van der Waals surface area contributed by atoms with Crippen molar-refractivity contribution in [1.29, 1.82) is 0 Å². The molecule has 1 aromatic carbocycles. The molecule has 21 heavy (non-hydrogen) atoms. The Morgan fingerprint density at radius 2 is 1.52 bits per heavy atom.